The number of aromatic nitrogens is 2. The van der Waals surface area contributed by atoms with Crippen LogP contribution in [0.2, 0.25) is 0 Å². The number of imidazole rings is 1. The van der Waals surface area contributed by atoms with Gasteiger partial charge >= 0.3 is 5.97 Å². The third-order valence-electron chi connectivity index (χ3n) is 1.93. The van der Waals surface area contributed by atoms with E-state index in [1.807, 2.05) is 6.92 Å². The number of carbonyl (C=O) groups is 1. The molecule has 1 atom stereocenters. The van der Waals surface area contributed by atoms with Crippen LogP contribution in [0.3, 0.4) is 0 Å². The Morgan fingerprint density at radius 1 is 1.77 bits per heavy atom. The Labute approximate surface area is 81.5 Å². The monoisotopic (exact) mass is 200 g/mol. The number of nitrogens with one attached hydrogen (secondary N) is 1. The zero-order chi connectivity index (χ0) is 10.0. The number of nitrogens with zero attached hydrogens (tertiary/aromatic N) is 1. The predicted molar refractivity (Wildman–Crippen MR) is 51.1 cm³/mol. The highest BCUT2D eigenvalue weighted by Crippen LogP contribution is 2.11. The van der Waals surface area contributed by atoms with E-state index in [1.165, 1.54) is 7.11 Å². The van der Waals surface area contributed by atoms with Crippen molar-refractivity contribution in [3.63, 3.8) is 0 Å². The van der Waals surface area contributed by atoms with E-state index in [1.54, 1.807) is 17.7 Å². The first-order valence-electron chi connectivity index (χ1n) is 3.92. The van der Waals surface area contributed by atoms with Crippen LogP contribution in [-0.2, 0) is 9.53 Å². The second-order valence-electron chi connectivity index (χ2n) is 2.80. The maximum Gasteiger partial charge on any atom is 0.328 e. The summed E-state index contributed by atoms with van der Waals surface area (Å²) in [4.78, 5) is 14.1. The van der Waals surface area contributed by atoms with E-state index in [4.69, 9.17) is 12.2 Å². The Morgan fingerprint density at radius 2 is 2.38 bits per heavy atom. The van der Waals surface area contributed by atoms with Crippen molar-refractivity contribution in [2.75, 3.05) is 7.11 Å². The highest BCUT2D eigenvalue weighted by molar-refractivity contribution is 7.71. The number of ether oxygens (including phenoxy) is 1. The second kappa shape index (κ2) is 3.74. The topological polar surface area (TPSA) is 47.0 Å². The Bertz CT molecular complexity index is 366. The van der Waals surface area contributed by atoms with E-state index >= 15 is 0 Å². The molecule has 5 heteroatoms. The van der Waals surface area contributed by atoms with Gasteiger partial charge in [0.25, 0.3) is 0 Å². The largest absolute Gasteiger partial charge is 0.467 e. The summed E-state index contributed by atoms with van der Waals surface area (Å²) in [6, 6.07) is -0.372. The van der Waals surface area contributed by atoms with Crippen molar-refractivity contribution in [3.8, 4) is 0 Å². The molecular formula is C8H12N2O2S. The van der Waals surface area contributed by atoms with Crippen LogP contribution in [0.15, 0.2) is 6.20 Å². The van der Waals surface area contributed by atoms with Gasteiger partial charge in [0.05, 0.1) is 7.11 Å². The molecule has 1 rings (SSSR count). The number of aromatic amines is 1. The minimum Gasteiger partial charge on any atom is -0.467 e. The van der Waals surface area contributed by atoms with Crippen LogP contribution in [0.1, 0.15) is 18.7 Å². The average molecular weight is 200 g/mol. The molecule has 1 aromatic heterocycles. The fraction of sp³-hybridized carbons (Fsp3) is 0.500. The molecule has 0 aliphatic heterocycles. The first-order chi connectivity index (χ1) is 6.07. The molecule has 1 aromatic rings. The summed E-state index contributed by atoms with van der Waals surface area (Å²) >= 11 is 5.02. The maximum absolute atomic E-state index is 11.2. The quantitative estimate of drug-likeness (QED) is 0.582. The molecule has 0 saturated heterocycles. The molecule has 0 fully saturated rings. The summed E-state index contributed by atoms with van der Waals surface area (Å²) in [5, 5.41) is 0. The van der Waals surface area contributed by atoms with Crippen molar-refractivity contribution in [2.45, 2.75) is 19.9 Å². The predicted octanol–water partition coefficient (Wildman–Crippen LogP) is 1.59. The summed E-state index contributed by atoms with van der Waals surface area (Å²) in [6.07, 6.45) is 1.77. The standard InChI is InChI=1S/C8H12N2O2S/c1-5-4-9-8(13)10(5)6(2)7(11)12-3/h4,6H,1-3H3,(H,9,13). The van der Waals surface area contributed by atoms with Gasteiger partial charge in [0.2, 0.25) is 0 Å². The molecule has 0 aliphatic rings. The summed E-state index contributed by atoms with van der Waals surface area (Å²) < 4.78 is 6.89. The Kier molecular flexibility index (Phi) is 2.87. The minimum absolute atomic E-state index is 0.293. The third-order valence-corrected chi connectivity index (χ3v) is 2.25. The molecule has 1 unspecified atom stereocenters. The lowest BCUT2D eigenvalue weighted by atomic mass is 10.3. The van der Waals surface area contributed by atoms with Crippen LogP contribution >= 0.6 is 12.2 Å². The van der Waals surface area contributed by atoms with Crippen molar-refractivity contribution in [1.82, 2.24) is 9.55 Å². The van der Waals surface area contributed by atoms with E-state index in [2.05, 4.69) is 9.72 Å². The molecule has 72 valence electrons. The molecule has 0 aliphatic carbocycles. The van der Waals surface area contributed by atoms with Gasteiger partial charge in [-0.3, -0.25) is 0 Å². The molecule has 1 N–H and O–H groups in total. The normalized spacial score (nSPS) is 12.5. The summed E-state index contributed by atoms with van der Waals surface area (Å²) in [6.45, 7) is 3.63. The summed E-state index contributed by atoms with van der Waals surface area (Å²) in [5.74, 6) is -0.293. The van der Waals surface area contributed by atoms with Gasteiger partial charge < -0.3 is 14.3 Å². The number of hydrogen-bond donors (Lipinski definition) is 1. The fourth-order valence-corrected chi connectivity index (χ4v) is 1.58. The zero-order valence-corrected chi connectivity index (χ0v) is 8.64. The highest BCUT2D eigenvalue weighted by Gasteiger charge is 2.17. The number of rotatable bonds is 2. The van der Waals surface area contributed by atoms with Gasteiger partial charge in [-0.05, 0) is 26.1 Å². The molecular weight excluding hydrogens is 188 g/mol. The summed E-state index contributed by atoms with van der Waals surface area (Å²) in [7, 11) is 1.37. The van der Waals surface area contributed by atoms with Crippen LogP contribution in [-0.4, -0.2) is 22.6 Å². The second-order valence-corrected chi connectivity index (χ2v) is 3.19. The zero-order valence-electron chi connectivity index (χ0n) is 7.83. The van der Waals surface area contributed by atoms with Gasteiger partial charge in [0, 0.05) is 11.9 Å². The van der Waals surface area contributed by atoms with Crippen LogP contribution in [0.5, 0.6) is 0 Å². The van der Waals surface area contributed by atoms with E-state index in [9.17, 15) is 4.79 Å². The maximum atomic E-state index is 11.2. The third kappa shape index (κ3) is 1.80. The number of hydrogen-bond acceptors (Lipinski definition) is 3. The van der Waals surface area contributed by atoms with Crippen molar-refractivity contribution in [3.05, 3.63) is 16.7 Å². The average Bonchev–Trinajstić information content (AvgIpc) is 2.44. The molecule has 0 amide bonds. The van der Waals surface area contributed by atoms with Crippen LogP contribution in [0.25, 0.3) is 0 Å². The van der Waals surface area contributed by atoms with Gasteiger partial charge in [-0.25, -0.2) is 4.79 Å². The summed E-state index contributed by atoms with van der Waals surface area (Å²) in [5.41, 5.74) is 0.919. The van der Waals surface area contributed by atoms with Gasteiger partial charge in [0.15, 0.2) is 4.77 Å². The number of methoxy groups -OCH3 is 1. The van der Waals surface area contributed by atoms with Crippen molar-refractivity contribution in [2.24, 2.45) is 0 Å². The SMILES string of the molecule is COC(=O)C(C)n1c(C)c[nH]c1=S. The lowest BCUT2D eigenvalue weighted by molar-refractivity contribution is -0.144. The number of esters is 1. The molecule has 13 heavy (non-hydrogen) atoms. The first kappa shape index (κ1) is 9.98. The van der Waals surface area contributed by atoms with E-state index in [0.29, 0.717) is 4.77 Å². The molecule has 0 bridgehead atoms. The highest BCUT2D eigenvalue weighted by atomic mass is 32.1. The number of aryl methyl sites for hydroxylation is 1. The lowest BCUT2D eigenvalue weighted by Gasteiger charge is -2.12. The smallest absolute Gasteiger partial charge is 0.328 e. The van der Waals surface area contributed by atoms with Crippen molar-refractivity contribution < 1.29 is 9.53 Å². The van der Waals surface area contributed by atoms with Gasteiger partial charge in [-0.1, -0.05) is 0 Å². The van der Waals surface area contributed by atoms with Crippen LogP contribution in [0.4, 0.5) is 0 Å². The Hall–Kier alpha value is -1.10. The number of carbonyl (C=O) groups excluding carboxylic acids is 1. The molecule has 4 nitrogen and oxygen atoms in total. The van der Waals surface area contributed by atoms with Crippen molar-refractivity contribution in [1.29, 1.82) is 0 Å². The molecule has 0 radical (unpaired) electrons. The van der Waals surface area contributed by atoms with Crippen LogP contribution in [0, 0.1) is 11.7 Å². The Morgan fingerprint density at radius 3 is 2.77 bits per heavy atom. The van der Waals surface area contributed by atoms with Gasteiger partial charge in [0.1, 0.15) is 6.04 Å². The Balaban J connectivity index is 3.07. The van der Waals surface area contributed by atoms with Crippen LogP contribution < -0.4 is 0 Å². The van der Waals surface area contributed by atoms with E-state index < -0.39 is 0 Å². The van der Waals surface area contributed by atoms with Gasteiger partial charge in [-0.15, -0.1) is 0 Å². The van der Waals surface area contributed by atoms with E-state index in [0.717, 1.165) is 5.69 Å². The molecule has 0 spiro atoms. The first-order valence-corrected chi connectivity index (χ1v) is 4.33. The molecule has 0 aromatic carbocycles. The number of H-pyrrole nitrogens is 1. The minimum atomic E-state index is -0.372. The van der Waals surface area contributed by atoms with E-state index in [-0.39, 0.29) is 12.0 Å². The lowest BCUT2D eigenvalue weighted by Crippen LogP contribution is -2.18. The molecule has 1 heterocycles. The van der Waals surface area contributed by atoms with Crippen molar-refractivity contribution >= 4 is 18.2 Å². The van der Waals surface area contributed by atoms with Gasteiger partial charge in [-0.2, -0.15) is 0 Å². The molecule has 0 saturated carbocycles. The fourth-order valence-electron chi connectivity index (χ4n) is 1.22.